The van der Waals surface area contributed by atoms with Crippen LogP contribution in [0.5, 0.6) is 0 Å². The van der Waals surface area contributed by atoms with Gasteiger partial charge < -0.3 is 0 Å². The van der Waals surface area contributed by atoms with Gasteiger partial charge in [-0.15, -0.1) is 0 Å². The Bertz CT molecular complexity index is 1080. The molecule has 0 aliphatic heterocycles. The van der Waals surface area contributed by atoms with Gasteiger partial charge in [0.15, 0.2) is 5.65 Å². The summed E-state index contributed by atoms with van der Waals surface area (Å²) in [6.45, 7) is 3.25. The molecule has 0 spiro atoms. The Hall–Kier alpha value is -2.81. The summed E-state index contributed by atoms with van der Waals surface area (Å²) in [6, 6.07) is 5.48. The van der Waals surface area contributed by atoms with Gasteiger partial charge in [-0.3, -0.25) is 4.79 Å². The first-order chi connectivity index (χ1) is 11.8. The molecule has 0 aliphatic rings. The molecule has 2 aromatic heterocycles. The number of aromatic nitrogens is 3. The minimum atomic E-state index is -3.95. The van der Waals surface area contributed by atoms with Crippen molar-refractivity contribution in [3.63, 3.8) is 0 Å². The molecule has 0 saturated carbocycles. The van der Waals surface area contributed by atoms with Gasteiger partial charge in [0.05, 0.1) is 23.2 Å². The number of nitrogens with one attached hydrogen (secondary N) is 1. The van der Waals surface area contributed by atoms with Crippen LogP contribution in [-0.4, -0.2) is 28.9 Å². The summed E-state index contributed by atoms with van der Waals surface area (Å²) in [5.74, 6) is -1.67. The van der Waals surface area contributed by atoms with Crippen molar-refractivity contribution in [3.8, 4) is 0 Å². The van der Waals surface area contributed by atoms with E-state index < -0.39 is 27.5 Å². The van der Waals surface area contributed by atoms with E-state index in [0.29, 0.717) is 22.5 Å². The number of fused-ring (bicyclic) bond motifs is 1. The third-order valence-electron chi connectivity index (χ3n) is 3.80. The highest BCUT2D eigenvalue weighted by molar-refractivity contribution is 7.89. The van der Waals surface area contributed by atoms with Crippen molar-refractivity contribution in [1.29, 1.82) is 0 Å². The van der Waals surface area contributed by atoms with Gasteiger partial charge in [0.2, 0.25) is 10.0 Å². The van der Waals surface area contributed by atoms with Gasteiger partial charge in [0, 0.05) is 12.3 Å². The molecule has 1 N–H and O–H groups in total. The Balaban J connectivity index is 1.84. The summed E-state index contributed by atoms with van der Waals surface area (Å²) in [5, 5.41) is 4.03. The molecule has 0 saturated heterocycles. The van der Waals surface area contributed by atoms with Crippen molar-refractivity contribution in [1.82, 2.24) is 19.3 Å². The van der Waals surface area contributed by atoms with Crippen LogP contribution in [0, 0.1) is 19.7 Å². The highest BCUT2D eigenvalue weighted by Crippen LogP contribution is 2.14. The lowest BCUT2D eigenvalue weighted by Crippen LogP contribution is -2.32. The van der Waals surface area contributed by atoms with Gasteiger partial charge >= 0.3 is 0 Å². The molecule has 0 radical (unpaired) electrons. The third kappa shape index (κ3) is 3.50. The highest BCUT2D eigenvalue weighted by Gasteiger charge is 2.20. The molecule has 1 amide bonds. The molecular weight excluding hydrogens is 347 g/mol. The lowest BCUT2D eigenvalue weighted by molar-refractivity contribution is 0.0979. The van der Waals surface area contributed by atoms with Crippen LogP contribution in [0.4, 0.5) is 4.39 Å². The lowest BCUT2D eigenvalue weighted by Gasteiger charge is -2.10. The second kappa shape index (κ2) is 6.25. The molecule has 130 valence electrons. The number of carbonyl (C=O) groups is 1. The number of hydrogen-bond acceptors (Lipinski definition) is 5. The molecule has 0 aliphatic carbocycles. The van der Waals surface area contributed by atoms with Crippen molar-refractivity contribution in [2.75, 3.05) is 0 Å². The van der Waals surface area contributed by atoms with Gasteiger partial charge in [-0.05, 0) is 37.1 Å². The Morgan fingerprint density at radius 3 is 2.76 bits per heavy atom. The first-order valence-electron chi connectivity index (χ1n) is 7.36. The SMILES string of the molecule is Cc1cc(F)ccc1CS(=O)(=O)NC(=O)c1cnc2ccnn2c1C. The Labute approximate surface area is 143 Å². The number of carbonyl (C=O) groups excluding carboxylic acids is 1. The Kier molecular flexibility index (Phi) is 4.25. The first kappa shape index (κ1) is 17.0. The van der Waals surface area contributed by atoms with Crippen LogP contribution in [0.25, 0.3) is 5.65 Å². The van der Waals surface area contributed by atoms with E-state index in [2.05, 4.69) is 10.1 Å². The molecule has 0 fully saturated rings. The van der Waals surface area contributed by atoms with Gasteiger partial charge in [-0.1, -0.05) is 6.07 Å². The molecule has 0 atom stereocenters. The maximum absolute atomic E-state index is 13.1. The van der Waals surface area contributed by atoms with E-state index in [4.69, 9.17) is 0 Å². The van der Waals surface area contributed by atoms with Crippen LogP contribution in [0.3, 0.4) is 0 Å². The van der Waals surface area contributed by atoms with Crippen LogP contribution in [-0.2, 0) is 15.8 Å². The van der Waals surface area contributed by atoms with E-state index in [1.165, 1.54) is 35.1 Å². The monoisotopic (exact) mass is 362 g/mol. The minimum Gasteiger partial charge on any atom is -0.268 e. The molecule has 0 unspecified atom stereocenters. The highest BCUT2D eigenvalue weighted by atomic mass is 32.2. The molecule has 25 heavy (non-hydrogen) atoms. The number of benzene rings is 1. The quantitative estimate of drug-likeness (QED) is 0.763. The average molecular weight is 362 g/mol. The first-order valence-corrected chi connectivity index (χ1v) is 9.01. The largest absolute Gasteiger partial charge is 0.268 e. The van der Waals surface area contributed by atoms with Crippen LogP contribution in [0.1, 0.15) is 27.2 Å². The zero-order valence-corrected chi connectivity index (χ0v) is 14.3. The van der Waals surface area contributed by atoms with E-state index in [0.717, 1.165) is 0 Å². The smallest absolute Gasteiger partial charge is 0.268 e. The number of sulfonamides is 1. The molecule has 1 aromatic carbocycles. The van der Waals surface area contributed by atoms with Crippen LogP contribution in [0.2, 0.25) is 0 Å². The summed E-state index contributed by atoms with van der Waals surface area (Å²) in [6.07, 6.45) is 2.84. The topological polar surface area (TPSA) is 93.4 Å². The van der Waals surface area contributed by atoms with Gasteiger partial charge in [0.1, 0.15) is 5.82 Å². The summed E-state index contributed by atoms with van der Waals surface area (Å²) in [7, 11) is -3.95. The fraction of sp³-hybridized carbons (Fsp3) is 0.188. The normalized spacial score (nSPS) is 11.6. The fourth-order valence-electron chi connectivity index (χ4n) is 2.47. The molecule has 3 rings (SSSR count). The number of nitrogens with zero attached hydrogens (tertiary/aromatic N) is 3. The molecule has 7 nitrogen and oxygen atoms in total. The van der Waals surface area contributed by atoms with E-state index in [1.807, 2.05) is 4.72 Å². The van der Waals surface area contributed by atoms with Gasteiger partial charge in [-0.25, -0.2) is 27.0 Å². The summed E-state index contributed by atoms with van der Waals surface area (Å²) in [5.41, 5.74) is 2.04. The number of halogens is 1. The molecular formula is C16H15FN4O3S. The maximum atomic E-state index is 13.1. The molecule has 3 aromatic rings. The van der Waals surface area contributed by atoms with Crippen molar-refractivity contribution in [2.45, 2.75) is 19.6 Å². The lowest BCUT2D eigenvalue weighted by atomic mass is 10.1. The molecule has 2 heterocycles. The van der Waals surface area contributed by atoms with Crippen LogP contribution >= 0.6 is 0 Å². The summed E-state index contributed by atoms with van der Waals surface area (Å²) >= 11 is 0. The van der Waals surface area contributed by atoms with E-state index >= 15 is 0 Å². The minimum absolute atomic E-state index is 0.107. The fourth-order valence-corrected chi connectivity index (χ4v) is 3.67. The van der Waals surface area contributed by atoms with Gasteiger partial charge in [-0.2, -0.15) is 5.10 Å². The van der Waals surface area contributed by atoms with Crippen LogP contribution < -0.4 is 4.72 Å². The third-order valence-corrected chi connectivity index (χ3v) is 4.99. The van der Waals surface area contributed by atoms with Crippen LogP contribution in [0.15, 0.2) is 36.7 Å². The number of amides is 1. The Morgan fingerprint density at radius 1 is 1.28 bits per heavy atom. The Morgan fingerprint density at radius 2 is 2.04 bits per heavy atom. The van der Waals surface area contributed by atoms with E-state index in [1.54, 1.807) is 19.9 Å². The molecule has 9 heteroatoms. The van der Waals surface area contributed by atoms with Crippen molar-refractivity contribution < 1.29 is 17.6 Å². The second-order valence-corrected chi connectivity index (χ2v) is 7.34. The van der Waals surface area contributed by atoms with Gasteiger partial charge in [0.25, 0.3) is 5.91 Å². The zero-order valence-electron chi connectivity index (χ0n) is 13.5. The zero-order chi connectivity index (χ0) is 18.2. The van der Waals surface area contributed by atoms with Crippen molar-refractivity contribution in [3.05, 3.63) is 64.9 Å². The predicted molar refractivity (Wildman–Crippen MR) is 89.0 cm³/mol. The summed E-state index contributed by atoms with van der Waals surface area (Å²) < 4.78 is 41.1. The molecule has 0 bridgehead atoms. The average Bonchev–Trinajstić information content (AvgIpc) is 2.99. The van der Waals surface area contributed by atoms with Crippen molar-refractivity contribution in [2.24, 2.45) is 0 Å². The number of rotatable bonds is 4. The van der Waals surface area contributed by atoms with E-state index in [-0.39, 0.29) is 5.56 Å². The number of aryl methyl sites for hydroxylation is 2. The summed E-state index contributed by atoms with van der Waals surface area (Å²) in [4.78, 5) is 16.4. The maximum Gasteiger partial charge on any atom is 0.268 e. The number of hydrogen-bond donors (Lipinski definition) is 1. The second-order valence-electron chi connectivity index (χ2n) is 5.62. The standard InChI is InChI=1S/C16H15FN4O3S/c1-10-7-13(17)4-3-12(10)9-25(23,24)20-16(22)14-8-18-15-5-6-19-21(15)11(14)2/h3-8H,9H2,1-2H3,(H,20,22). The predicted octanol–water partition coefficient (Wildman–Crippen LogP) is 1.75. The van der Waals surface area contributed by atoms with Crippen molar-refractivity contribution >= 4 is 21.6 Å². The van der Waals surface area contributed by atoms with E-state index in [9.17, 15) is 17.6 Å².